The fourth-order valence-electron chi connectivity index (χ4n) is 0.831. The number of hydrogen-bond acceptors (Lipinski definition) is 2. The van der Waals surface area contributed by atoms with Crippen LogP contribution in [0.1, 0.15) is 10.4 Å². The molecule has 3 nitrogen and oxygen atoms in total. The number of rotatable bonds is 1. The van der Waals surface area contributed by atoms with Crippen molar-refractivity contribution in [2.45, 2.75) is 0 Å². The van der Waals surface area contributed by atoms with Crippen molar-refractivity contribution in [2.24, 2.45) is 5.84 Å². The van der Waals surface area contributed by atoms with Crippen LogP contribution in [0.4, 0.5) is 0 Å². The molecule has 1 rings (SSSR count). The molecule has 0 fully saturated rings. The van der Waals surface area contributed by atoms with Crippen LogP contribution >= 0.6 is 45.8 Å². The summed E-state index contributed by atoms with van der Waals surface area (Å²) in [7, 11) is 0. The van der Waals surface area contributed by atoms with Gasteiger partial charge in [-0.1, -0.05) is 23.2 Å². The van der Waals surface area contributed by atoms with Gasteiger partial charge in [-0.25, -0.2) is 5.84 Å². The molecular weight excluding hydrogens is 326 g/mol. The van der Waals surface area contributed by atoms with Gasteiger partial charge in [-0.3, -0.25) is 10.2 Å². The number of amides is 1. The Labute approximate surface area is 98.7 Å². The van der Waals surface area contributed by atoms with E-state index in [1.807, 2.05) is 5.43 Å². The van der Waals surface area contributed by atoms with Crippen molar-refractivity contribution in [3.63, 3.8) is 0 Å². The summed E-state index contributed by atoms with van der Waals surface area (Å²) in [4.78, 5) is 11.2. The van der Waals surface area contributed by atoms with E-state index in [0.29, 0.717) is 10.0 Å². The highest BCUT2D eigenvalue weighted by molar-refractivity contribution is 14.1. The standard InChI is InChI=1S/C7H5Cl2IN2O/c8-4-1-3(10)2-5(9)6(4)7(13)12-11/h1-2H,11H2,(H,12,13). The lowest BCUT2D eigenvalue weighted by molar-refractivity contribution is 0.0954. The zero-order chi connectivity index (χ0) is 10.0. The highest BCUT2D eigenvalue weighted by Gasteiger charge is 2.14. The molecule has 6 heteroatoms. The van der Waals surface area contributed by atoms with Crippen LogP contribution in [0.5, 0.6) is 0 Å². The molecular formula is C7H5Cl2IN2O. The van der Waals surface area contributed by atoms with Crippen molar-refractivity contribution in [2.75, 3.05) is 0 Å². The van der Waals surface area contributed by atoms with Crippen LogP contribution in [0.25, 0.3) is 0 Å². The van der Waals surface area contributed by atoms with Crippen molar-refractivity contribution in [3.8, 4) is 0 Å². The molecule has 0 atom stereocenters. The van der Waals surface area contributed by atoms with E-state index >= 15 is 0 Å². The monoisotopic (exact) mass is 330 g/mol. The van der Waals surface area contributed by atoms with Crippen molar-refractivity contribution in [1.29, 1.82) is 0 Å². The molecule has 0 saturated heterocycles. The molecule has 13 heavy (non-hydrogen) atoms. The molecule has 0 aliphatic carbocycles. The minimum absolute atomic E-state index is 0.200. The summed E-state index contributed by atoms with van der Waals surface area (Å²) >= 11 is 13.7. The highest BCUT2D eigenvalue weighted by Crippen LogP contribution is 2.26. The number of nitrogens with one attached hydrogen (secondary N) is 1. The van der Waals surface area contributed by atoms with E-state index in [1.165, 1.54) is 0 Å². The lowest BCUT2D eigenvalue weighted by Crippen LogP contribution is -2.30. The first kappa shape index (κ1) is 11.0. The Morgan fingerprint density at radius 3 is 2.23 bits per heavy atom. The SMILES string of the molecule is NNC(=O)c1c(Cl)cc(I)cc1Cl. The van der Waals surface area contributed by atoms with Gasteiger partial charge in [-0.2, -0.15) is 0 Å². The summed E-state index contributed by atoms with van der Waals surface area (Å²) in [5.74, 6) is 4.47. The van der Waals surface area contributed by atoms with E-state index < -0.39 is 5.91 Å². The highest BCUT2D eigenvalue weighted by atomic mass is 127. The van der Waals surface area contributed by atoms with Crippen LogP contribution in [-0.4, -0.2) is 5.91 Å². The number of hydrogen-bond donors (Lipinski definition) is 2. The van der Waals surface area contributed by atoms with E-state index in [-0.39, 0.29) is 5.56 Å². The van der Waals surface area contributed by atoms with Crippen LogP contribution < -0.4 is 11.3 Å². The minimum Gasteiger partial charge on any atom is -0.290 e. The molecule has 0 aromatic heterocycles. The largest absolute Gasteiger partial charge is 0.290 e. The predicted molar refractivity (Wildman–Crippen MR) is 60.8 cm³/mol. The summed E-state index contributed by atoms with van der Waals surface area (Å²) < 4.78 is 0.862. The molecule has 0 radical (unpaired) electrons. The Balaban J connectivity index is 3.28. The van der Waals surface area contributed by atoms with Gasteiger partial charge in [-0.05, 0) is 34.7 Å². The second-order valence-corrected chi connectivity index (χ2v) is 4.28. The van der Waals surface area contributed by atoms with Crippen molar-refractivity contribution in [1.82, 2.24) is 5.43 Å². The van der Waals surface area contributed by atoms with Crippen LogP contribution in [-0.2, 0) is 0 Å². The number of carbonyl (C=O) groups excluding carboxylic acids is 1. The van der Waals surface area contributed by atoms with Gasteiger partial charge in [0.2, 0.25) is 0 Å². The van der Waals surface area contributed by atoms with Crippen LogP contribution in [0.3, 0.4) is 0 Å². The summed E-state index contributed by atoms with van der Waals surface area (Å²) in [6.45, 7) is 0. The Kier molecular flexibility index (Phi) is 3.78. The van der Waals surface area contributed by atoms with Gasteiger partial charge < -0.3 is 0 Å². The van der Waals surface area contributed by atoms with Gasteiger partial charge in [0.05, 0.1) is 15.6 Å². The Morgan fingerprint density at radius 1 is 1.38 bits per heavy atom. The van der Waals surface area contributed by atoms with E-state index in [0.717, 1.165) is 3.57 Å². The maximum Gasteiger partial charge on any atom is 0.268 e. The number of benzene rings is 1. The fourth-order valence-corrected chi connectivity index (χ4v) is 2.48. The van der Waals surface area contributed by atoms with E-state index in [2.05, 4.69) is 22.6 Å². The molecule has 0 unspecified atom stereocenters. The summed E-state index contributed by atoms with van der Waals surface area (Å²) in [5, 5.41) is 0.583. The van der Waals surface area contributed by atoms with Gasteiger partial charge in [0, 0.05) is 3.57 Å². The first-order valence-electron chi connectivity index (χ1n) is 3.21. The minimum atomic E-state index is -0.494. The second-order valence-electron chi connectivity index (χ2n) is 2.22. The van der Waals surface area contributed by atoms with Crippen molar-refractivity contribution in [3.05, 3.63) is 31.3 Å². The van der Waals surface area contributed by atoms with Gasteiger partial charge >= 0.3 is 0 Å². The number of nitrogen functional groups attached to an aromatic ring is 1. The molecule has 0 aliphatic heterocycles. The Bertz CT molecular complexity index is 333. The molecule has 0 saturated carbocycles. The van der Waals surface area contributed by atoms with Gasteiger partial charge in [0.15, 0.2) is 0 Å². The summed E-state index contributed by atoms with van der Waals surface area (Å²) in [6, 6.07) is 3.27. The molecule has 0 heterocycles. The number of halogens is 3. The molecule has 1 amide bonds. The average Bonchev–Trinajstić information content (AvgIpc) is 2.02. The molecule has 1 aromatic rings. The summed E-state index contributed by atoms with van der Waals surface area (Å²) in [6.07, 6.45) is 0. The zero-order valence-corrected chi connectivity index (χ0v) is 9.94. The van der Waals surface area contributed by atoms with E-state index in [1.54, 1.807) is 12.1 Å². The predicted octanol–water partition coefficient (Wildman–Crippen LogP) is 2.20. The maximum absolute atomic E-state index is 11.2. The maximum atomic E-state index is 11.2. The topological polar surface area (TPSA) is 55.1 Å². The van der Waals surface area contributed by atoms with Gasteiger partial charge in [0.1, 0.15) is 0 Å². The Hall–Kier alpha value is -0.0400. The molecule has 3 N–H and O–H groups in total. The van der Waals surface area contributed by atoms with Crippen molar-refractivity contribution < 1.29 is 4.79 Å². The average molecular weight is 331 g/mol. The van der Waals surface area contributed by atoms with Gasteiger partial charge in [-0.15, -0.1) is 0 Å². The zero-order valence-electron chi connectivity index (χ0n) is 6.27. The lowest BCUT2D eigenvalue weighted by Gasteiger charge is -2.05. The number of nitrogens with two attached hydrogens (primary N) is 1. The summed E-state index contributed by atoms with van der Waals surface area (Å²) in [5.41, 5.74) is 2.17. The van der Waals surface area contributed by atoms with Crippen LogP contribution in [0.2, 0.25) is 10.0 Å². The van der Waals surface area contributed by atoms with Crippen molar-refractivity contribution >= 4 is 51.7 Å². The van der Waals surface area contributed by atoms with E-state index in [4.69, 9.17) is 29.0 Å². The third kappa shape index (κ3) is 2.46. The smallest absolute Gasteiger partial charge is 0.268 e. The molecule has 0 aliphatic rings. The molecule has 0 bridgehead atoms. The van der Waals surface area contributed by atoms with Crippen LogP contribution in [0.15, 0.2) is 12.1 Å². The second kappa shape index (κ2) is 4.45. The third-order valence-electron chi connectivity index (χ3n) is 1.37. The molecule has 1 aromatic carbocycles. The third-order valence-corrected chi connectivity index (χ3v) is 2.58. The van der Waals surface area contributed by atoms with Gasteiger partial charge in [0.25, 0.3) is 5.91 Å². The normalized spacial score (nSPS) is 9.85. The molecule has 70 valence electrons. The number of carbonyl (C=O) groups is 1. The fraction of sp³-hybridized carbons (Fsp3) is 0. The lowest BCUT2D eigenvalue weighted by atomic mass is 10.2. The van der Waals surface area contributed by atoms with E-state index in [9.17, 15) is 4.79 Å². The Morgan fingerprint density at radius 2 is 1.85 bits per heavy atom. The first-order valence-corrected chi connectivity index (χ1v) is 5.05. The number of hydrazine groups is 1. The quantitative estimate of drug-likeness (QED) is 0.359. The van der Waals surface area contributed by atoms with Crippen LogP contribution in [0, 0.1) is 3.57 Å². The molecule has 0 spiro atoms. The first-order chi connectivity index (χ1) is 6.06.